The van der Waals surface area contributed by atoms with Gasteiger partial charge in [-0.25, -0.2) is 5.84 Å². The van der Waals surface area contributed by atoms with Crippen LogP contribution in [0.5, 0.6) is 28.7 Å². The van der Waals surface area contributed by atoms with Gasteiger partial charge in [-0.3, -0.25) is 15.0 Å². The number of hydrogen-bond donors (Lipinski definition) is 2. The zero-order valence-corrected chi connectivity index (χ0v) is 16.1. The molecular weight excluding hydrogens is 380 g/mol. The lowest BCUT2D eigenvalue weighted by molar-refractivity contribution is -0.123. The van der Waals surface area contributed by atoms with Crippen molar-refractivity contribution in [3.8, 4) is 28.7 Å². The first-order valence-electron chi connectivity index (χ1n) is 8.51. The first kappa shape index (κ1) is 20.0. The van der Waals surface area contributed by atoms with E-state index in [4.69, 9.17) is 29.5 Å². The van der Waals surface area contributed by atoms with Gasteiger partial charge in [0, 0.05) is 11.6 Å². The van der Waals surface area contributed by atoms with Crippen LogP contribution in [0.25, 0.3) is 6.08 Å². The summed E-state index contributed by atoms with van der Waals surface area (Å²) in [5.74, 6) is 6.36. The number of nitrogens with two attached hydrogens (primary N) is 1. The highest BCUT2D eigenvalue weighted by Crippen LogP contribution is 2.42. The summed E-state index contributed by atoms with van der Waals surface area (Å²) in [5.41, 5.74) is 2.93. The van der Waals surface area contributed by atoms with Crippen LogP contribution in [-0.4, -0.2) is 39.6 Å². The molecule has 0 aliphatic carbocycles. The number of methoxy groups -OCH3 is 3. The Morgan fingerprint density at radius 3 is 2.52 bits per heavy atom. The van der Waals surface area contributed by atoms with Crippen molar-refractivity contribution in [2.75, 3.05) is 27.9 Å². The van der Waals surface area contributed by atoms with Crippen LogP contribution < -0.4 is 35.0 Å². The van der Waals surface area contributed by atoms with Crippen molar-refractivity contribution < 1.29 is 33.3 Å². The molecule has 0 aromatic heterocycles. The lowest BCUT2D eigenvalue weighted by atomic mass is 10.1. The fourth-order valence-corrected chi connectivity index (χ4v) is 2.83. The second-order valence-corrected chi connectivity index (χ2v) is 5.88. The topological polar surface area (TPSA) is 118 Å². The molecule has 9 heteroatoms. The lowest BCUT2D eigenvalue weighted by Gasteiger charge is -2.14. The number of hydrazine groups is 1. The molecule has 0 saturated carbocycles. The van der Waals surface area contributed by atoms with Crippen LogP contribution in [0, 0.1) is 0 Å². The third-order valence-corrected chi connectivity index (χ3v) is 4.19. The molecular formula is C20H20N2O7. The monoisotopic (exact) mass is 400 g/mol. The number of amides is 1. The van der Waals surface area contributed by atoms with Gasteiger partial charge < -0.3 is 23.7 Å². The number of rotatable bonds is 7. The second kappa shape index (κ2) is 8.53. The number of hydrogen-bond acceptors (Lipinski definition) is 8. The van der Waals surface area contributed by atoms with Crippen molar-refractivity contribution in [2.45, 2.75) is 0 Å². The van der Waals surface area contributed by atoms with Crippen LogP contribution in [0.1, 0.15) is 15.9 Å². The van der Waals surface area contributed by atoms with E-state index in [0.717, 1.165) is 0 Å². The number of allylic oxidation sites excluding steroid dienone is 1. The fourth-order valence-electron chi connectivity index (χ4n) is 2.83. The predicted octanol–water partition coefficient (Wildman–Crippen LogP) is 1.70. The Morgan fingerprint density at radius 1 is 1.10 bits per heavy atom. The Hall–Kier alpha value is -3.72. The van der Waals surface area contributed by atoms with Gasteiger partial charge in [0.05, 0.1) is 26.9 Å². The van der Waals surface area contributed by atoms with Crippen LogP contribution in [-0.2, 0) is 4.79 Å². The maximum Gasteiger partial charge on any atom is 0.271 e. The van der Waals surface area contributed by atoms with Gasteiger partial charge in [0.15, 0.2) is 23.9 Å². The smallest absolute Gasteiger partial charge is 0.271 e. The van der Waals surface area contributed by atoms with Crippen molar-refractivity contribution in [1.29, 1.82) is 0 Å². The largest absolute Gasteiger partial charge is 0.493 e. The van der Waals surface area contributed by atoms with Crippen LogP contribution >= 0.6 is 0 Å². The first-order chi connectivity index (χ1) is 14.0. The van der Waals surface area contributed by atoms with Crippen molar-refractivity contribution in [3.63, 3.8) is 0 Å². The highest BCUT2D eigenvalue weighted by molar-refractivity contribution is 6.14. The summed E-state index contributed by atoms with van der Waals surface area (Å²) >= 11 is 0. The number of fused-ring (bicyclic) bond motifs is 1. The molecule has 1 aliphatic rings. The van der Waals surface area contributed by atoms with Gasteiger partial charge in [0.1, 0.15) is 11.5 Å². The van der Waals surface area contributed by atoms with E-state index in [9.17, 15) is 9.59 Å². The number of ether oxygens (including phenoxy) is 5. The molecule has 2 aromatic carbocycles. The van der Waals surface area contributed by atoms with Crippen LogP contribution in [0.2, 0.25) is 0 Å². The number of nitrogens with one attached hydrogen (secondary N) is 1. The van der Waals surface area contributed by atoms with E-state index in [2.05, 4.69) is 0 Å². The van der Waals surface area contributed by atoms with Crippen molar-refractivity contribution in [1.82, 2.24) is 5.43 Å². The van der Waals surface area contributed by atoms with Crippen LogP contribution in [0.15, 0.2) is 36.1 Å². The predicted molar refractivity (Wildman–Crippen MR) is 103 cm³/mol. The Morgan fingerprint density at radius 2 is 1.86 bits per heavy atom. The molecule has 3 rings (SSSR count). The Balaban J connectivity index is 1.90. The van der Waals surface area contributed by atoms with Crippen LogP contribution in [0.4, 0.5) is 0 Å². The van der Waals surface area contributed by atoms with Gasteiger partial charge in [0.2, 0.25) is 11.5 Å². The van der Waals surface area contributed by atoms with Crippen LogP contribution in [0.3, 0.4) is 0 Å². The van der Waals surface area contributed by atoms with Gasteiger partial charge in [0.25, 0.3) is 5.91 Å². The fraction of sp³-hybridized carbons (Fsp3) is 0.200. The molecule has 0 unspecified atom stereocenters. The summed E-state index contributed by atoms with van der Waals surface area (Å²) in [6, 6.07) is 8.11. The van der Waals surface area contributed by atoms with Gasteiger partial charge >= 0.3 is 0 Å². The summed E-state index contributed by atoms with van der Waals surface area (Å²) in [6.07, 6.45) is 1.56. The van der Waals surface area contributed by atoms with E-state index >= 15 is 0 Å². The molecule has 0 bridgehead atoms. The van der Waals surface area contributed by atoms with Gasteiger partial charge in [-0.05, 0) is 30.3 Å². The molecule has 0 atom stereocenters. The zero-order valence-electron chi connectivity index (χ0n) is 16.1. The minimum absolute atomic E-state index is 0.113. The molecule has 152 valence electrons. The average Bonchev–Trinajstić information content (AvgIpc) is 3.05. The van der Waals surface area contributed by atoms with E-state index in [-0.39, 0.29) is 18.1 Å². The highest BCUT2D eigenvalue weighted by Gasteiger charge is 2.28. The summed E-state index contributed by atoms with van der Waals surface area (Å²) in [6.45, 7) is -0.255. The van der Waals surface area contributed by atoms with Crippen molar-refractivity contribution in [2.24, 2.45) is 5.84 Å². The SMILES string of the molecule is COc1ccc(C=C2Oc3cc(OCC(=O)NN)ccc3C2=O)c(OC)c1OC. The molecule has 9 nitrogen and oxygen atoms in total. The Bertz CT molecular complexity index is 985. The second-order valence-electron chi connectivity index (χ2n) is 5.88. The molecule has 2 aromatic rings. The molecule has 1 amide bonds. The molecule has 0 spiro atoms. The highest BCUT2D eigenvalue weighted by atomic mass is 16.5. The average molecular weight is 400 g/mol. The molecule has 3 N–H and O–H groups in total. The maximum atomic E-state index is 12.7. The van der Waals surface area contributed by atoms with Gasteiger partial charge in [-0.15, -0.1) is 0 Å². The quantitative estimate of drug-likeness (QED) is 0.312. The number of carbonyl (C=O) groups excluding carboxylic acids is 2. The van der Waals surface area contributed by atoms with Gasteiger partial charge in [-0.2, -0.15) is 0 Å². The van der Waals surface area contributed by atoms with E-state index in [1.165, 1.54) is 27.4 Å². The molecule has 1 heterocycles. The maximum absolute atomic E-state index is 12.7. The lowest BCUT2D eigenvalue weighted by Crippen LogP contribution is -2.34. The minimum atomic E-state index is -0.483. The molecule has 1 aliphatic heterocycles. The summed E-state index contributed by atoms with van der Waals surface area (Å²) in [7, 11) is 4.51. The number of Topliss-reactive ketones (excluding diaryl/α,β-unsaturated/α-hetero) is 1. The van der Waals surface area contributed by atoms with E-state index in [1.807, 2.05) is 5.43 Å². The van der Waals surface area contributed by atoms with Crippen molar-refractivity contribution >= 4 is 17.8 Å². The number of carbonyl (C=O) groups is 2. The normalized spacial score (nSPS) is 13.5. The third kappa shape index (κ3) is 3.94. The van der Waals surface area contributed by atoms with Gasteiger partial charge in [-0.1, -0.05) is 0 Å². The summed E-state index contributed by atoms with van der Waals surface area (Å²) in [5, 5.41) is 0. The summed E-state index contributed by atoms with van der Waals surface area (Å²) < 4.78 is 27.1. The molecule has 29 heavy (non-hydrogen) atoms. The number of benzene rings is 2. The minimum Gasteiger partial charge on any atom is -0.493 e. The van der Waals surface area contributed by atoms with Crippen molar-refractivity contribution in [3.05, 3.63) is 47.2 Å². The molecule has 0 fully saturated rings. The zero-order chi connectivity index (χ0) is 21.0. The summed E-state index contributed by atoms with van der Waals surface area (Å²) in [4.78, 5) is 23.9. The van der Waals surface area contributed by atoms with E-state index in [1.54, 1.807) is 30.3 Å². The molecule has 0 saturated heterocycles. The Labute approximate surface area is 166 Å². The van der Waals surface area contributed by atoms with E-state index < -0.39 is 5.91 Å². The third-order valence-electron chi connectivity index (χ3n) is 4.19. The standard InChI is InChI=1S/C20H20N2O7/c1-25-14-7-4-11(19(26-2)20(14)27-3)8-16-18(24)13-6-5-12(9-15(13)29-16)28-10-17(23)22-21/h4-9H,10,21H2,1-3H3,(H,22,23). The van der Waals surface area contributed by atoms with E-state index in [0.29, 0.717) is 39.9 Å². The Kier molecular flexibility index (Phi) is 5.89. The number of ketones is 1. The molecule has 0 radical (unpaired) electrons. The first-order valence-corrected chi connectivity index (χ1v) is 8.51.